The van der Waals surface area contributed by atoms with Crippen molar-refractivity contribution in [1.82, 2.24) is 27.7 Å². The summed E-state index contributed by atoms with van der Waals surface area (Å²) in [6, 6.07) is 14.0. The number of piperazine rings is 2. The van der Waals surface area contributed by atoms with Gasteiger partial charge in [-0.2, -0.15) is 35.0 Å². The van der Waals surface area contributed by atoms with E-state index in [9.17, 15) is 52.8 Å². The molecule has 0 amide bonds. The lowest BCUT2D eigenvalue weighted by Crippen LogP contribution is -2.49. The molecule has 2 aliphatic heterocycles. The van der Waals surface area contributed by atoms with Gasteiger partial charge in [0.15, 0.2) is 0 Å². The molecule has 6 aromatic rings. The number of carbonyl (C=O) groups is 2. The summed E-state index contributed by atoms with van der Waals surface area (Å²) < 4.78 is 136. The van der Waals surface area contributed by atoms with Crippen LogP contribution in [-0.4, -0.2) is 119 Å². The number of rotatable bonds is 10. The number of carboxylic acids is 2. The Bertz CT molecular complexity index is 2810. The van der Waals surface area contributed by atoms with Gasteiger partial charge in [-0.15, -0.1) is 0 Å². The molecule has 0 spiro atoms. The Morgan fingerprint density at radius 3 is 1.20 bits per heavy atom. The fourth-order valence-electron chi connectivity index (χ4n) is 7.42. The van der Waals surface area contributed by atoms with Crippen LogP contribution in [-0.2, 0) is 55.1 Å². The van der Waals surface area contributed by atoms with Gasteiger partial charge < -0.3 is 29.1 Å². The van der Waals surface area contributed by atoms with Gasteiger partial charge in [0.25, 0.3) is 0 Å². The first-order valence-electron chi connectivity index (χ1n) is 19.5. The molecule has 4 aromatic heterocycles. The van der Waals surface area contributed by atoms with Gasteiger partial charge in [-0.25, -0.2) is 26.8 Å². The van der Waals surface area contributed by atoms with Gasteiger partial charge in [0, 0.05) is 108 Å². The number of carboxylic acid groups (broad SMARTS) is 2. The van der Waals surface area contributed by atoms with Crippen molar-refractivity contribution in [3.8, 4) is 0 Å². The van der Waals surface area contributed by atoms with E-state index in [0.29, 0.717) is 42.4 Å². The normalized spacial score (nSPS) is 15.8. The van der Waals surface area contributed by atoms with Crippen molar-refractivity contribution in [2.45, 2.75) is 35.2 Å². The summed E-state index contributed by atoms with van der Waals surface area (Å²) in [6.45, 7) is 0.890. The number of nitrogens with zero attached hydrogens (tertiary/aromatic N) is 8. The minimum atomic E-state index is -4.48. The lowest BCUT2D eigenvalue weighted by molar-refractivity contribution is -0.138. The number of fused-ring (bicyclic) bond motifs is 2. The number of sulfonamides is 2. The third-order valence-corrected chi connectivity index (χ3v) is 16.5. The highest BCUT2D eigenvalue weighted by Crippen LogP contribution is 2.35. The molecule has 8 rings (SSSR count). The Hall–Kier alpha value is -5.28. The summed E-state index contributed by atoms with van der Waals surface area (Å²) in [5.41, 5.74) is -0.737. The Kier molecular flexibility index (Phi) is 13.8. The molecule has 0 bridgehead atoms. The number of benzene rings is 2. The second kappa shape index (κ2) is 18.8. The van der Waals surface area contributed by atoms with E-state index in [2.05, 4.69) is 41.8 Å². The molecule has 2 aromatic carbocycles. The summed E-state index contributed by atoms with van der Waals surface area (Å²) in [4.78, 5) is 33.4. The minimum absolute atomic E-state index is 0.0152. The molecule has 0 unspecified atom stereocenters. The lowest BCUT2D eigenvalue weighted by atomic mass is 10.2. The lowest BCUT2D eigenvalue weighted by Gasteiger charge is -2.34. The molecule has 16 nitrogen and oxygen atoms in total. The number of aromatic nitrogens is 4. The third-order valence-electron chi connectivity index (χ3n) is 10.8. The molecule has 6 heterocycles. The average Bonchev–Trinajstić information content (AvgIpc) is 3.83. The van der Waals surface area contributed by atoms with E-state index in [1.807, 2.05) is 0 Å². The summed E-state index contributed by atoms with van der Waals surface area (Å²) in [5.74, 6) is -1.41. The van der Waals surface area contributed by atoms with Crippen LogP contribution < -0.4 is 9.80 Å². The predicted molar refractivity (Wildman–Crippen MR) is 235 cm³/mol. The minimum Gasteiger partial charge on any atom is -0.480 e. The molecule has 0 saturated carbocycles. The molecular weight excluding hydrogens is 1060 g/mol. The van der Waals surface area contributed by atoms with Gasteiger partial charge in [-0.1, -0.05) is 0 Å². The topological polar surface area (TPSA) is 191 Å². The van der Waals surface area contributed by atoms with Gasteiger partial charge in [-0.3, -0.25) is 9.59 Å². The maximum Gasteiger partial charge on any atom is 0.417 e. The zero-order valence-electron chi connectivity index (χ0n) is 33.9. The Morgan fingerprint density at radius 2 is 0.909 bits per heavy atom. The molecule has 352 valence electrons. The number of hydrogen-bond acceptors (Lipinski definition) is 10. The first kappa shape index (κ1) is 48.6. The van der Waals surface area contributed by atoms with Crippen LogP contribution in [0.3, 0.4) is 0 Å². The van der Waals surface area contributed by atoms with Crippen molar-refractivity contribution in [3.05, 3.63) is 106 Å². The largest absolute Gasteiger partial charge is 0.480 e. The van der Waals surface area contributed by atoms with E-state index in [0.717, 1.165) is 24.5 Å². The molecule has 2 N–H and O–H groups in total. The standard InChI is InChI=1S/2C20H18BrF3N4O4S/c2*21-15-9-13-3-4-27(12-19(29)30)16(13)10-17(15)33(31,32)28-7-5-26(6-8-28)18-2-1-14(11-25-18)20(22,23)24/h2*1-4,9-11H,5-8,12H2,(H,29,30). The second-order valence-corrected chi connectivity index (χ2v) is 20.5. The Balaban J connectivity index is 0.000000196. The molecule has 66 heavy (non-hydrogen) atoms. The maximum absolute atomic E-state index is 13.3. The zero-order chi connectivity index (χ0) is 47.9. The number of halogens is 8. The molecule has 0 aliphatic carbocycles. The van der Waals surface area contributed by atoms with E-state index in [4.69, 9.17) is 10.2 Å². The molecular formula is C40H36Br2F6N8O8S2. The first-order chi connectivity index (χ1) is 30.9. The zero-order valence-corrected chi connectivity index (χ0v) is 38.7. The monoisotopic (exact) mass is 1090 g/mol. The summed E-state index contributed by atoms with van der Waals surface area (Å²) in [6.07, 6.45) is -4.27. The number of anilines is 2. The van der Waals surface area contributed by atoms with Crippen LogP contribution in [0.25, 0.3) is 21.8 Å². The Labute approximate surface area is 389 Å². The van der Waals surface area contributed by atoms with E-state index in [1.54, 1.807) is 46.5 Å². The van der Waals surface area contributed by atoms with Crippen LogP contribution in [0.2, 0.25) is 0 Å². The Morgan fingerprint density at radius 1 is 0.561 bits per heavy atom. The highest BCUT2D eigenvalue weighted by Gasteiger charge is 2.35. The summed E-state index contributed by atoms with van der Waals surface area (Å²) >= 11 is 6.62. The van der Waals surface area contributed by atoms with Crippen LogP contribution in [0, 0.1) is 0 Å². The van der Waals surface area contributed by atoms with E-state index in [-0.39, 0.29) is 75.2 Å². The summed E-state index contributed by atoms with van der Waals surface area (Å²) in [5, 5.41) is 19.6. The van der Waals surface area contributed by atoms with Gasteiger partial charge in [0.1, 0.15) is 24.7 Å². The van der Waals surface area contributed by atoms with Crippen LogP contribution in [0.15, 0.2) is 104 Å². The van der Waals surface area contributed by atoms with Gasteiger partial charge in [-0.05, 0) is 92.5 Å². The molecule has 0 atom stereocenters. The van der Waals surface area contributed by atoms with Gasteiger partial charge in [0.05, 0.1) is 20.9 Å². The van der Waals surface area contributed by atoms with Crippen molar-refractivity contribution in [3.63, 3.8) is 0 Å². The van der Waals surface area contributed by atoms with Crippen LogP contribution in [0.1, 0.15) is 11.1 Å². The molecule has 2 fully saturated rings. The number of pyridine rings is 2. The average molecular weight is 1090 g/mol. The molecule has 2 aliphatic rings. The van der Waals surface area contributed by atoms with Gasteiger partial charge >= 0.3 is 24.3 Å². The predicted octanol–water partition coefficient (Wildman–Crippen LogP) is 6.83. The second-order valence-electron chi connectivity index (χ2n) is 14.9. The molecule has 0 radical (unpaired) electrons. The van der Waals surface area contributed by atoms with Crippen molar-refractivity contribution in [1.29, 1.82) is 0 Å². The first-order valence-corrected chi connectivity index (χ1v) is 24.0. The smallest absolute Gasteiger partial charge is 0.417 e. The van der Waals surface area contributed by atoms with E-state index in [1.165, 1.54) is 42.0 Å². The SMILES string of the molecule is O=C(O)Cn1ccc2cc(Br)c(S(=O)(=O)N3CCN(c4ccc(C(F)(F)F)cn4)CC3)cc21.O=C(O)Cn1ccc2cc(Br)c(S(=O)(=O)N3CCN(c4ccc(C(F)(F)F)cn4)CC3)cc21. The van der Waals surface area contributed by atoms with Crippen LogP contribution in [0.5, 0.6) is 0 Å². The fraction of sp³-hybridized carbons (Fsp3) is 0.300. The van der Waals surface area contributed by atoms with E-state index >= 15 is 0 Å². The number of aliphatic carboxylic acids is 2. The highest BCUT2D eigenvalue weighted by atomic mass is 79.9. The third kappa shape index (κ3) is 10.5. The quantitative estimate of drug-likeness (QED) is 0.136. The number of hydrogen-bond donors (Lipinski definition) is 2. The summed E-state index contributed by atoms with van der Waals surface area (Å²) in [7, 11) is -7.82. The van der Waals surface area contributed by atoms with Crippen molar-refractivity contribution >= 4 is 97.3 Å². The van der Waals surface area contributed by atoms with Crippen molar-refractivity contribution < 1.29 is 63.0 Å². The van der Waals surface area contributed by atoms with Crippen molar-refractivity contribution in [2.24, 2.45) is 0 Å². The van der Waals surface area contributed by atoms with Gasteiger partial charge in [0.2, 0.25) is 20.0 Å². The maximum atomic E-state index is 13.3. The fourth-order valence-corrected chi connectivity index (χ4v) is 12.3. The van der Waals surface area contributed by atoms with Crippen molar-refractivity contribution in [2.75, 3.05) is 62.2 Å². The molecule has 26 heteroatoms. The van der Waals surface area contributed by atoms with E-state index < -0.39 is 55.5 Å². The van der Waals surface area contributed by atoms with Crippen LogP contribution >= 0.6 is 31.9 Å². The molecule has 2 saturated heterocycles. The highest BCUT2D eigenvalue weighted by molar-refractivity contribution is 9.10. The number of alkyl halides is 6. The van der Waals surface area contributed by atoms with Crippen LogP contribution in [0.4, 0.5) is 38.0 Å².